The number of carbonyl (C=O) groups excluding carboxylic acids is 1. The van der Waals surface area contributed by atoms with Crippen molar-refractivity contribution in [3.05, 3.63) is 41.8 Å². The van der Waals surface area contributed by atoms with Gasteiger partial charge in [-0.15, -0.1) is 0 Å². The van der Waals surface area contributed by atoms with Crippen LogP contribution in [0.4, 0.5) is 11.4 Å². The first-order chi connectivity index (χ1) is 10.7. The Labute approximate surface area is 129 Å². The molecular weight excluding hydrogens is 278 g/mol. The van der Waals surface area contributed by atoms with Gasteiger partial charge in [-0.1, -0.05) is 17.3 Å². The Kier molecular flexibility index (Phi) is 3.13. The molecule has 114 valence electrons. The summed E-state index contributed by atoms with van der Waals surface area (Å²) in [6.07, 6.45) is 2.67. The number of benzene rings is 1. The zero-order valence-corrected chi connectivity index (χ0v) is 12.7. The fourth-order valence-corrected chi connectivity index (χ4v) is 3.04. The molecule has 0 N–H and O–H groups in total. The van der Waals surface area contributed by atoms with Crippen molar-refractivity contribution in [3.63, 3.8) is 0 Å². The zero-order chi connectivity index (χ0) is 15.1. The number of rotatable bonds is 3. The molecule has 0 saturated heterocycles. The van der Waals surface area contributed by atoms with E-state index in [2.05, 4.69) is 16.1 Å². The van der Waals surface area contributed by atoms with Crippen molar-refractivity contribution >= 4 is 17.3 Å². The van der Waals surface area contributed by atoms with Crippen LogP contribution in [0.3, 0.4) is 0 Å². The lowest BCUT2D eigenvalue weighted by molar-refractivity contribution is 0.0978. The maximum absolute atomic E-state index is 12.7. The molecule has 5 nitrogen and oxygen atoms in total. The number of amides is 1. The number of hydrogen-bond acceptors (Lipinski definition) is 4. The summed E-state index contributed by atoms with van der Waals surface area (Å²) in [4.78, 5) is 16.9. The highest BCUT2D eigenvalue weighted by atomic mass is 16.5. The van der Waals surface area contributed by atoms with Crippen molar-refractivity contribution < 1.29 is 9.32 Å². The average molecular weight is 297 g/mol. The summed E-state index contributed by atoms with van der Waals surface area (Å²) in [6.45, 7) is 4.46. The standard InChI is InChI=1S/C17H19N3O2/c1-12-10-14(18-22-12)17(21)20-9-8-19(11-13-6-7-13)15-4-2-3-5-16(15)20/h2-5,10,13H,6-9,11H2,1H3. The highest BCUT2D eigenvalue weighted by molar-refractivity contribution is 6.07. The molecule has 1 saturated carbocycles. The molecule has 1 aliphatic heterocycles. The second-order valence-electron chi connectivity index (χ2n) is 6.16. The van der Waals surface area contributed by atoms with Gasteiger partial charge in [-0.2, -0.15) is 0 Å². The topological polar surface area (TPSA) is 49.6 Å². The number of aromatic nitrogens is 1. The molecule has 1 amide bonds. The average Bonchev–Trinajstić information content (AvgIpc) is 3.25. The summed E-state index contributed by atoms with van der Waals surface area (Å²) in [7, 11) is 0. The smallest absolute Gasteiger partial charge is 0.280 e. The number of aryl methyl sites for hydroxylation is 1. The molecule has 0 radical (unpaired) electrons. The SMILES string of the molecule is Cc1cc(C(=O)N2CCN(CC3CC3)c3ccccc32)no1. The Bertz CT molecular complexity index is 705. The van der Waals surface area contributed by atoms with Crippen LogP contribution >= 0.6 is 0 Å². The van der Waals surface area contributed by atoms with Crippen molar-refractivity contribution in [1.82, 2.24) is 5.16 Å². The van der Waals surface area contributed by atoms with E-state index >= 15 is 0 Å². The Balaban J connectivity index is 1.64. The van der Waals surface area contributed by atoms with Crippen LogP contribution in [0.5, 0.6) is 0 Å². The molecule has 2 aliphatic rings. The van der Waals surface area contributed by atoms with Gasteiger partial charge in [-0.25, -0.2) is 0 Å². The normalized spacial score (nSPS) is 17.5. The van der Waals surface area contributed by atoms with Gasteiger partial charge in [-0.05, 0) is 37.8 Å². The fraction of sp³-hybridized carbons (Fsp3) is 0.412. The van der Waals surface area contributed by atoms with Crippen LogP contribution in [0, 0.1) is 12.8 Å². The largest absolute Gasteiger partial charge is 0.368 e. The fourth-order valence-electron chi connectivity index (χ4n) is 3.04. The van der Waals surface area contributed by atoms with Crippen LogP contribution in [0.2, 0.25) is 0 Å². The molecule has 1 aromatic carbocycles. The molecule has 2 heterocycles. The summed E-state index contributed by atoms with van der Waals surface area (Å²) in [5, 5.41) is 3.86. The van der Waals surface area contributed by atoms with Crippen molar-refractivity contribution in [2.75, 3.05) is 29.4 Å². The van der Waals surface area contributed by atoms with Crippen LogP contribution in [-0.2, 0) is 0 Å². The van der Waals surface area contributed by atoms with Gasteiger partial charge in [0.2, 0.25) is 0 Å². The molecule has 0 bridgehead atoms. The molecule has 0 spiro atoms. The minimum atomic E-state index is -0.0876. The molecule has 22 heavy (non-hydrogen) atoms. The van der Waals surface area contributed by atoms with Gasteiger partial charge < -0.3 is 14.3 Å². The number of carbonyl (C=O) groups is 1. The molecule has 1 aromatic heterocycles. The lowest BCUT2D eigenvalue weighted by Crippen LogP contribution is -2.44. The van der Waals surface area contributed by atoms with Crippen LogP contribution in [-0.4, -0.2) is 30.7 Å². The van der Waals surface area contributed by atoms with E-state index in [1.807, 2.05) is 23.1 Å². The Morgan fingerprint density at radius 3 is 2.73 bits per heavy atom. The Hall–Kier alpha value is -2.30. The van der Waals surface area contributed by atoms with Gasteiger partial charge in [0.25, 0.3) is 5.91 Å². The van der Waals surface area contributed by atoms with Gasteiger partial charge in [-0.3, -0.25) is 4.79 Å². The number of para-hydroxylation sites is 2. The first kappa shape index (κ1) is 13.4. The van der Waals surface area contributed by atoms with Gasteiger partial charge in [0.15, 0.2) is 5.69 Å². The minimum Gasteiger partial charge on any atom is -0.368 e. The lowest BCUT2D eigenvalue weighted by atomic mass is 10.1. The molecule has 1 aliphatic carbocycles. The van der Waals surface area contributed by atoms with E-state index in [4.69, 9.17) is 4.52 Å². The minimum absolute atomic E-state index is 0.0876. The molecule has 0 unspecified atom stereocenters. The van der Waals surface area contributed by atoms with Gasteiger partial charge in [0, 0.05) is 25.7 Å². The third kappa shape index (κ3) is 2.36. The molecule has 2 aromatic rings. The number of nitrogens with zero attached hydrogens (tertiary/aromatic N) is 3. The molecule has 4 rings (SSSR count). The van der Waals surface area contributed by atoms with Gasteiger partial charge in [0.05, 0.1) is 11.4 Å². The van der Waals surface area contributed by atoms with Crippen LogP contribution in [0.15, 0.2) is 34.9 Å². The van der Waals surface area contributed by atoms with Crippen LogP contribution in [0.25, 0.3) is 0 Å². The highest BCUT2D eigenvalue weighted by Gasteiger charge is 2.31. The molecule has 0 atom stereocenters. The monoisotopic (exact) mass is 297 g/mol. The first-order valence-electron chi connectivity index (χ1n) is 7.81. The third-order valence-corrected chi connectivity index (χ3v) is 4.37. The maximum atomic E-state index is 12.7. The van der Waals surface area contributed by atoms with E-state index in [0.717, 1.165) is 30.4 Å². The molecular formula is C17H19N3O2. The predicted molar refractivity (Wildman–Crippen MR) is 84.3 cm³/mol. The summed E-state index contributed by atoms with van der Waals surface area (Å²) in [6, 6.07) is 9.83. The van der Waals surface area contributed by atoms with E-state index in [0.29, 0.717) is 18.0 Å². The molecule has 5 heteroatoms. The van der Waals surface area contributed by atoms with Crippen molar-refractivity contribution in [2.24, 2.45) is 5.92 Å². The van der Waals surface area contributed by atoms with E-state index in [1.165, 1.54) is 12.8 Å². The van der Waals surface area contributed by atoms with Gasteiger partial charge in [0.1, 0.15) is 5.76 Å². The summed E-state index contributed by atoms with van der Waals surface area (Å²) in [5.74, 6) is 1.40. The second-order valence-corrected chi connectivity index (χ2v) is 6.16. The van der Waals surface area contributed by atoms with E-state index < -0.39 is 0 Å². The maximum Gasteiger partial charge on any atom is 0.280 e. The number of fused-ring (bicyclic) bond motifs is 1. The summed E-state index contributed by atoms with van der Waals surface area (Å²) >= 11 is 0. The van der Waals surface area contributed by atoms with Crippen LogP contribution in [0.1, 0.15) is 29.1 Å². The Morgan fingerprint density at radius 1 is 1.27 bits per heavy atom. The second kappa shape index (κ2) is 5.16. The van der Waals surface area contributed by atoms with E-state index in [1.54, 1.807) is 13.0 Å². The number of anilines is 2. The van der Waals surface area contributed by atoms with E-state index in [-0.39, 0.29) is 5.91 Å². The first-order valence-corrected chi connectivity index (χ1v) is 7.81. The van der Waals surface area contributed by atoms with Crippen molar-refractivity contribution in [1.29, 1.82) is 0 Å². The zero-order valence-electron chi connectivity index (χ0n) is 12.7. The van der Waals surface area contributed by atoms with Crippen molar-refractivity contribution in [3.8, 4) is 0 Å². The van der Waals surface area contributed by atoms with E-state index in [9.17, 15) is 4.79 Å². The summed E-state index contributed by atoms with van der Waals surface area (Å²) < 4.78 is 5.04. The highest BCUT2D eigenvalue weighted by Crippen LogP contribution is 2.37. The predicted octanol–water partition coefficient (Wildman–Crippen LogP) is 2.86. The summed E-state index contributed by atoms with van der Waals surface area (Å²) in [5.41, 5.74) is 2.50. The van der Waals surface area contributed by atoms with Gasteiger partial charge >= 0.3 is 0 Å². The van der Waals surface area contributed by atoms with Crippen molar-refractivity contribution in [2.45, 2.75) is 19.8 Å². The Morgan fingerprint density at radius 2 is 2.05 bits per heavy atom. The quantitative estimate of drug-likeness (QED) is 0.874. The third-order valence-electron chi connectivity index (χ3n) is 4.37. The molecule has 1 fully saturated rings. The lowest BCUT2D eigenvalue weighted by Gasteiger charge is -2.37. The number of hydrogen-bond donors (Lipinski definition) is 0. The van der Waals surface area contributed by atoms with Crippen LogP contribution < -0.4 is 9.80 Å².